The maximum Gasteiger partial charge on any atom is 0.255 e. The molecule has 0 spiro atoms. The van der Waals surface area contributed by atoms with Crippen LogP contribution >= 0.6 is 11.6 Å². The number of phenols is 1. The number of benzene rings is 4. The number of carbonyl (C=O) groups excluding carboxylic acids is 2. The van der Waals surface area contributed by atoms with Crippen molar-refractivity contribution < 1.29 is 14.7 Å². The lowest BCUT2D eigenvalue weighted by molar-refractivity contribution is 0.102. The van der Waals surface area contributed by atoms with Crippen molar-refractivity contribution in [3.05, 3.63) is 94.5 Å². The van der Waals surface area contributed by atoms with E-state index in [9.17, 15) is 14.7 Å². The molecule has 0 aliphatic rings. The van der Waals surface area contributed by atoms with E-state index in [0.717, 1.165) is 10.9 Å². The highest BCUT2D eigenvalue weighted by Gasteiger charge is 2.14. The van der Waals surface area contributed by atoms with Crippen molar-refractivity contribution in [1.29, 1.82) is 0 Å². The molecule has 0 aliphatic heterocycles. The van der Waals surface area contributed by atoms with Gasteiger partial charge in [0.1, 0.15) is 5.69 Å². The van der Waals surface area contributed by atoms with Gasteiger partial charge in [-0.2, -0.15) is 5.11 Å². The van der Waals surface area contributed by atoms with Gasteiger partial charge in [-0.3, -0.25) is 9.59 Å². The predicted octanol–water partition coefficient (Wildman–Crippen LogP) is 6.99. The van der Waals surface area contributed by atoms with E-state index < -0.39 is 0 Å². The molecule has 32 heavy (non-hydrogen) atoms. The minimum absolute atomic E-state index is 0.131. The summed E-state index contributed by atoms with van der Waals surface area (Å²) in [7, 11) is 0. The average Bonchev–Trinajstić information content (AvgIpc) is 2.81. The Kier molecular flexibility index (Phi) is 5.96. The summed E-state index contributed by atoms with van der Waals surface area (Å²) in [6.45, 7) is 1.81. The van der Waals surface area contributed by atoms with Crippen LogP contribution in [-0.2, 0) is 0 Å². The molecule has 4 aromatic carbocycles. The number of aryl methyl sites for hydroxylation is 1. The molecule has 1 amide bonds. The van der Waals surface area contributed by atoms with Gasteiger partial charge in [-0.25, -0.2) is 0 Å². The first-order valence-electron chi connectivity index (χ1n) is 9.76. The van der Waals surface area contributed by atoms with Crippen molar-refractivity contribution in [2.75, 3.05) is 5.32 Å². The van der Waals surface area contributed by atoms with E-state index in [4.69, 9.17) is 11.6 Å². The maximum atomic E-state index is 12.4. The molecule has 0 saturated heterocycles. The van der Waals surface area contributed by atoms with Gasteiger partial charge in [-0.05, 0) is 48.2 Å². The van der Waals surface area contributed by atoms with Gasteiger partial charge in [0, 0.05) is 10.9 Å². The van der Waals surface area contributed by atoms with Crippen molar-refractivity contribution in [2.45, 2.75) is 6.92 Å². The fraction of sp³-hybridized carbons (Fsp3) is 0.0400. The maximum absolute atomic E-state index is 12.4. The Hall–Kier alpha value is -4.03. The third-order valence-corrected chi connectivity index (χ3v) is 5.29. The highest BCUT2D eigenvalue weighted by atomic mass is 35.5. The number of azo groups is 1. The number of amides is 1. The Morgan fingerprint density at radius 1 is 1.00 bits per heavy atom. The number of nitrogens with zero attached hydrogens (tertiary/aromatic N) is 2. The van der Waals surface area contributed by atoms with Crippen LogP contribution in [-0.4, -0.2) is 17.3 Å². The van der Waals surface area contributed by atoms with E-state index in [1.165, 1.54) is 0 Å². The Morgan fingerprint density at radius 3 is 2.47 bits per heavy atom. The van der Waals surface area contributed by atoms with Crippen molar-refractivity contribution in [3.63, 3.8) is 0 Å². The van der Waals surface area contributed by atoms with E-state index >= 15 is 0 Å². The molecular formula is C25H18ClN3O3. The summed E-state index contributed by atoms with van der Waals surface area (Å²) in [6.07, 6.45) is 0.577. The molecule has 0 unspecified atom stereocenters. The molecule has 0 saturated carbocycles. The first-order chi connectivity index (χ1) is 15.5. The molecule has 6 nitrogen and oxygen atoms in total. The summed E-state index contributed by atoms with van der Waals surface area (Å²) in [5.74, 6) is -0.513. The lowest BCUT2D eigenvalue weighted by Crippen LogP contribution is -2.12. The van der Waals surface area contributed by atoms with Gasteiger partial charge in [0.15, 0.2) is 12.0 Å². The fourth-order valence-electron chi connectivity index (χ4n) is 3.29. The van der Waals surface area contributed by atoms with Gasteiger partial charge in [0.25, 0.3) is 5.91 Å². The number of rotatable bonds is 5. The Morgan fingerprint density at radius 2 is 1.72 bits per heavy atom. The minimum atomic E-state index is -0.275. The quantitative estimate of drug-likeness (QED) is 0.257. The van der Waals surface area contributed by atoms with Crippen LogP contribution in [0.25, 0.3) is 10.8 Å². The van der Waals surface area contributed by atoms with Gasteiger partial charge in [-0.1, -0.05) is 54.1 Å². The minimum Gasteiger partial charge on any atom is -0.505 e. The van der Waals surface area contributed by atoms with Crippen LogP contribution in [0.3, 0.4) is 0 Å². The fourth-order valence-corrected chi connectivity index (χ4v) is 3.50. The van der Waals surface area contributed by atoms with Crippen LogP contribution in [0.15, 0.2) is 83.0 Å². The molecule has 0 aliphatic carbocycles. The Balaban J connectivity index is 1.68. The molecule has 0 atom stereocenters. The van der Waals surface area contributed by atoms with Gasteiger partial charge in [0.05, 0.1) is 22.0 Å². The molecule has 4 aromatic rings. The molecule has 7 heteroatoms. The third-order valence-electron chi connectivity index (χ3n) is 4.98. The second-order valence-corrected chi connectivity index (χ2v) is 7.55. The molecule has 4 rings (SSSR count). The van der Waals surface area contributed by atoms with Gasteiger partial charge in [0.2, 0.25) is 0 Å². The molecule has 2 N–H and O–H groups in total. The zero-order valence-electron chi connectivity index (χ0n) is 17.0. The van der Waals surface area contributed by atoms with Crippen molar-refractivity contribution >= 4 is 51.6 Å². The smallest absolute Gasteiger partial charge is 0.255 e. The van der Waals surface area contributed by atoms with E-state index in [0.29, 0.717) is 33.6 Å². The summed E-state index contributed by atoms with van der Waals surface area (Å²) in [4.78, 5) is 23.8. The zero-order valence-corrected chi connectivity index (χ0v) is 17.8. The normalized spacial score (nSPS) is 11.1. The number of aromatic hydroxyl groups is 1. The summed E-state index contributed by atoms with van der Waals surface area (Å²) in [6, 6.07) is 21.0. The monoisotopic (exact) mass is 443 g/mol. The van der Waals surface area contributed by atoms with Gasteiger partial charge in [-0.15, -0.1) is 5.11 Å². The summed E-state index contributed by atoms with van der Waals surface area (Å²) in [5, 5.41) is 23.5. The summed E-state index contributed by atoms with van der Waals surface area (Å²) >= 11 is 6.38. The summed E-state index contributed by atoms with van der Waals surface area (Å²) in [5.41, 5.74) is 2.48. The molecule has 0 heterocycles. The van der Waals surface area contributed by atoms with Crippen molar-refractivity contribution in [1.82, 2.24) is 0 Å². The first-order valence-corrected chi connectivity index (χ1v) is 10.1. The molecule has 158 valence electrons. The van der Waals surface area contributed by atoms with E-state index in [1.807, 2.05) is 31.2 Å². The van der Waals surface area contributed by atoms with Crippen LogP contribution in [0.5, 0.6) is 5.75 Å². The first kappa shape index (κ1) is 21.2. The van der Waals surface area contributed by atoms with E-state index in [1.54, 1.807) is 48.5 Å². The van der Waals surface area contributed by atoms with Crippen LogP contribution in [0, 0.1) is 6.92 Å². The van der Waals surface area contributed by atoms with Crippen LogP contribution in [0.1, 0.15) is 26.3 Å². The number of nitrogens with one attached hydrogen (secondary N) is 1. The topological polar surface area (TPSA) is 91.1 Å². The lowest BCUT2D eigenvalue weighted by Gasteiger charge is -2.10. The highest BCUT2D eigenvalue weighted by Crippen LogP contribution is 2.39. The second kappa shape index (κ2) is 8.99. The number of anilines is 1. The molecule has 0 radical (unpaired) electrons. The third kappa shape index (κ3) is 4.22. The number of phenolic OH excluding ortho intramolecular Hbond substituents is 1. The lowest BCUT2D eigenvalue weighted by atomic mass is 10.0. The Labute approximate surface area is 189 Å². The number of halogens is 1. The molecule has 0 aromatic heterocycles. The van der Waals surface area contributed by atoms with E-state index in [-0.39, 0.29) is 22.9 Å². The number of fused-ring (bicyclic) bond motifs is 1. The van der Waals surface area contributed by atoms with Crippen LogP contribution < -0.4 is 5.32 Å². The van der Waals surface area contributed by atoms with Crippen molar-refractivity contribution in [2.24, 2.45) is 10.2 Å². The van der Waals surface area contributed by atoms with Gasteiger partial charge < -0.3 is 10.4 Å². The summed E-state index contributed by atoms with van der Waals surface area (Å²) < 4.78 is 0. The number of aldehydes is 1. The molecule has 0 fully saturated rings. The van der Waals surface area contributed by atoms with Crippen LogP contribution in [0.2, 0.25) is 5.02 Å². The Bertz CT molecular complexity index is 1370. The zero-order chi connectivity index (χ0) is 22.7. The van der Waals surface area contributed by atoms with Crippen LogP contribution in [0.4, 0.5) is 17.1 Å². The predicted molar refractivity (Wildman–Crippen MR) is 126 cm³/mol. The number of hydrogen-bond donors (Lipinski definition) is 2. The largest absolute Gasteiger partial charge is 0.505 e. The van der Waals surface area contributed by atoms with Gasteiger partial charge >= 0.3 is 0 Å². The second-order valence-electron chi connectivity index (χ2n) is 7.14. The standard InChI is InChI=1S/C25H18ClN3O3/c1-15-11-22(27-25(32)16-7-3-2-4-8-16)20(26)13-21(15)28-29-23-19-10-6-5-9-17(19)12-18(14-30)24(23)31/h2-14,31H,1H3,(H,27,32). The SMILES string of the molecule is Cc1cc(NC(=O)c2ccccc2)c(Cl)cc1N=Nc1c(O)c(C=O)cc2ccccc12. The molecule has 0 bridgehead atoms. The average molecular weight is 444 g/mol. The van der Waals surface area contributed by atoms with E-state index in [2.05, 4.69) is 15.5 Å². The molecular weight excluding hydrogens is 426 g/mol. The number of hydrogen-bond acceptors (Lipinski definition) is 5. The number of carbonyl (C=O) groups is 2. The highest BCUT2D eigenvalue weighted by molar-refractivity contribution is 6.34. The van der Waals surface area contributed by atoms with Crippen molar-refractivity contribution in [3.8, 4) is 5.75 Å².